The second-order valence-corrected chi connectivity index (χ2v) is 5.98. The molecule has 0 aliphatic carbocycles. The summed E-state index contributed by atoms with van der Waals surface area (Å²) in [7, 11) is 1.66. The Kier molecular flexibility index (Phi) is 5.39. The van der Waals surface area contributed by atoms with Crippen molar-refractivity contribution < 1.29 is 10.0 Å². The highest BCUT2D eigenvalue weighted by Crippen LogP contribution is 2.00. The van der Waals surface area contributed by atoms with Gasteiger partial charge in [-0.3, -0.25) is 13.9 Å². The molecule has 3 aromatic rings. The van der Waals surface area contributed by atoms with E-state index in [9.17, 15) is 9.59 Å². The van der Waals surface area contributed by atoms with Crippen molar-refractivity contribution >= 4 is 46.3 Å². The highest BCUT2D eigenvalue weighted by molar-refractivity contribution is 14.1. The van der Waals surface area contributed by atoms with E-state index in [1.165, 1.54) is 17.9 Å². The molecule has 0 spiro atoms. The van der Waals surface area contributed by atoms with Crippen molar-refractivity contribution in [1.29, 1.82) is 0 Å². The minimum Gasteiger partial charge on any atom is -0.423 e. The largest absolute Gasteiger partial charge is 0.488 e. The first-order valence-corrected chi connectivity index (χ1v) is 7.61. The van der Waals surface area contributed by atoms with Crippen LogP contribution in [0.4, 0.5) is 0 Å². The van der Waals surface area contributed by atoms with Gasteiger partial charge in [0.25, 0.3) is 5.56 Å². The number of halogens is 1. The van der Waals surface area contributed by atoms with Crippen molar-refractivity contribution in [3.05, 3.63) is 55.0 Å². The van der Waals surface area contributed by atoms with E-state index in [2.05, 4.69) is 32.6 Å². The van der Waals surface area contributed by atoms with Crippen LogP contribution in [0.15, 0.2) is 40.2 Å². The lowest BCUT2D eigenvalue weighted by Gasteiger charge is -2.00. The number of nitrogens with one attached hydrogen (secondary N) is 1. The van der Waals surface area contributed by atoms with Gasteiger partial charge in [0.15, 0.2) is 5.65 Å². The van der Waals surface area contributed by atoms with Crippen LogP contribution in [0.25, 0.3) is 11.2 Å². The highest BCUT2D eigenvalue weighted by Gasteiger charge is 2.09. The Hall–Kier alpha value is -1.92. The van der Waals surface area contributed by atoms with Crippen LogP contribution in [0.2, 0.25) is 0 Å². The molecule has 2 heterocycles. The lowest BCUT2D eigenvalue weighted by atomic mass is 9.81. The van der Waals surface area contributed by atoms with Gasteiger partial charge < -0.3 is 15.0 Å². The topological polar surface area (TPSA) is 113 Å². The van der Waals surface area contributed by atoms with Crippen LogP contribution in [0.3, 0.4) is 0 Å². The second kappa shape index (κ2) is 7.11. The van der Waals surface area contributed by atoms with Gasteiger partial charge in [-0.15, -0.1) is 0 Å². The number of nitrogens with zero attached hydrogens (tertiary/aromatic N) is 3. The number of hydrogen-bond acceptors (Lipinski definition) is 5. The third kappa shape index (κ3) is 3.71. The maximum atomic E-state index is 11.4. The smallest absolute Gasteiger partial charge is 0.423 e. The van der Waals surface area contributed by atoms with Crippen molar-refractivity contribution in [1.82, 2.24) is 19.1 Å². The highest BCUT2D eigenvalue weighted by atomic mass is 127. The van der Waals surface area contributed by atoms with Gasteiger partial charge in [-0.2, -0.15) is 0 Å². The molecule has 10 heteroatoms. The third-order valence-corrected chi connectivity index (χ3v) is 3.92. The van der Waals surface area contributed by atoms with E-state index >= 15 is 0 Å². The van der Waals surface area contributed by atoms with E-state index in [-0.39, 0.29) is 11.2 Å². The molecule has 23 heavy (non-hydrogen) atoms. The molecule has 0 unspecified atom stereocenters. The van der Waals surface area contributed by atoms with Gasteiger partial charge in [-0.25, -0.2) is 9.78 Å². The number of H-pyrrole nitrogens is 1. The van der Waals surface area contributed by atoms with Crippen LogP contribution in [0.5, 0.6) is 0 Å². The Bertz CT molecular complexity index is 930. The van der Waals surface area contributed by atoms with Gasteiger partial charge >= 0.3 is 12.8 Å². The summed E-state index contributed by atoms with van der Waals surface area (Å²) in [4.78, 5) is 29.4. The van der Waals surface area contributed by atoms with Crippen LogP contribution < -0.4 is 16.7 Å². The van der Waals surface area contributed by atoms with Crippen molar-refractivity contribution in [2.45, 2.75) is 0 Å². The van der Waals surface area contributed by atoms with E-state index in [1.54, 1.807) is 19.2 Å². The zero-order valence-corrected chi connectivity index (χ0v) is 14.6. The molecular formula is C13H14BIN4O4. The molecule has 0 fully saturated rings. The molecule has 1 aromatic carbocycles. The van der Waals surface area contributed by atoms with E-state index in [4.69, 9.17) is 10.0 Å². The Morgan fingerprint density at radius 3 is 2.30 bits per heavy atom. The van der Waals surface area contributed by atoms with Crippen LogP contribution in [0, 0.1) is 3.57 Å². The summed E-state index contributed by atoms with van der Waals surface area (Å²) in [5.41, 5.74) is 0.540. The van der Waals surface area contributed by atoms with E-state index in [1.807, 2.05) is 12.1 Å². The number of imidazole rings is 1. The molecular weight excluding hydrogens is 414 g/mol. The molecule has 2 aromatic heterocycles. The first-order chi connectivity index (χ1) is 10.8. The molecule has 3 N–H and O–H groups in total. The summed E-state index contributed by atoms with van der Waals surface area (Å²) in [5, 5.41) is 17.3. The first-order valence-electron chi connectivity index (χ1n) is 6.53. The zero-order valence-electron chi connectivity index (χ0n) is 12.4. The summed E-state index contributed by atoms with van der Waals surface area (Å²) < 4.78 is 3.45. The maximum absolute atomic E-state index is 11.4. The molecule has 120 valence electrons. The monoisotopic (exact) mass is 428 g/mol. The van der Waals surface area contributed by atoms with Crippen molar-refractivity contribution in [2.24, 2.45) is 14.1 Å². The molecule has 0 saturated heterocycles. The summed E-state index contributed by atoms with van der Waals surface area (Å²) in [6.45, 7) is 0. The number of rotatable bonds is 1. The van der Waals surface area contributed by atoms with Crippen LogP contribution in [-0.4, -0.2) is 36.3 Å². The Morgan fingerprint density at radius 2 is 1.74 bits per heavy atom. The van der Waals surface area contributed by atoms with Gasteiger partial charge in [-0.05, 0) is 40.2 Å². The molecule has 3 rings (SSSR count). The van der Waals surface area contributed by atoms with E-state index in [0.717, 1.165) is 8.14 Å². The SMILES string of the molecule is Cn1c(=O)c2[nH]cnc2n(C)c1=O.OB(O)c1ccc(I)cc1. The summed E-state index contributed by atoms with van der Waals surface area (Å²) in [6, 6.07) is 7.03. The predicted molar refractivity (Wildman–Crippen MR) is 95.6 cm³/mol. The average Bonchev–Trinajstić information content (AvgIpc) is 3.02. The Balaban J connectivity index is 0.000000174. The fraction of sp³-hybridized carbons (Fsp3) is 0.154. The van der Waals surface area contributed by atoms with Gasteiger partial charge in [-0.1, -0.05) is 12.1 Å². The van der Waals surface area contributed by atoms with E-state index < -0.39 is 7.12 Å². The van der Waals surface area contributed by atoms with Crippen molar-refractivity contribution in [2.75, 3.05) is 0 Å². The van der Waals surface area contributed by atoms with Crippen LogP contribution in [-0.2, 0) is 14.1 Å². The molecule has 0 aliphatic rings. The average molecular weight is 428 g/mol. The first kappa shape index (κ1) is 17.4. The Labute approximate surface area is 144 Å². The summed E-state index contributed by atoms with van der Waals surface area (Å²) in [6.07, 6.45) is 1.39. The number of hydrogen-bond donors (Lipinski definition) is 3. The molecule has 0 aliphatic heterocycles. The molecule has 0 bridgehead atoms. The fourth-order valence-corrected chi connectivity index (χ4v) is 2.26. The zero-order chi connectivity index (χ0) is 17.1. The standard InChI is InChI=1S/C7H8N4O2.C6H6BIO2/c1-10-5-4(8-3-9-5)6(12)11(2)7(10)13;8-6-3-1-5(2-4-6)7(9)10/h3H,1-2H3,(H,8,9);1-4,9-10H. The fourth-order valence-electron chi connectivity index (χ4n) is 1.90. The maximum Gasteiger partial charge on any atom is 0.488 e. The second-order valence-electron chi connectivity index (χ2n) is 4.73. The Morgan fingerprint density at radius 1 is 1.13 bits per heavy atom. The van der Waals surface area contributed by atoms with Crippen LogP contribution in [0.1, 0.15) is 0 Å². The third-order valence-electron chi connectivity index (χ3n) is 3.20. The van der Waals surface area contributed by atoms with Gasteiger partial charge in [0.05, 0.1) is 6.33 Å². The van der Waals surface area contributed by atoms with Crippen LogP contribution >= 0.6 is 22.6 Å². The molecule has 8 nitrogen and oxygen atoms in total. The number of aromatic amines is 1. The quantitative estimate of drug-likeness (QED) is 0.338. The van der Waals surface area contributed by atoms with Gasteiger partial charge in [0.1, 0.15) is 5.52 Å². The van der Waals surface area contributed by atoms with Crippen molar-refractivity contribution in [3.63, 3.8) is 0 Å². The number of benzene rings is 1. The van der Waals surface area contributed by atoms with Gasteiger partial charge in [0, 0.05) is 17.7 Å². The number of aryl methyl sites for hydroxylation is 1. The van der Waals surface area contributed by atoms with E-state index in [0.29, 0.717) is 16.6 Å². The number of fused-ring (bicyclic) bond motifs is 1. The van der Waals surface area contributed by atoms with Crippen molar-refractivity contribution in [3.8, 4) is 0 Å². The summed E-state index contributed by atoms with van der Waals surface area (Å²) >= 11 is 2.16. The normalized spacial score (nSPS) is 10.3. The lowest BCUT2D eigenvalue weighted by Crippen LogP contribution is -2.36. The lowest BCUT2D eigenvalue weighted by molar-refractivity contribution is 0.426. The van der Waals surface area contributed by atoms with Gasteiger partial charge in [0.2, 0.25) is 0 Å². The molecule has 0 amide bonds. The minimum atomic E-state index is -1.35. The molecule has 0 saturated carbocycles. The summed E-state index contributed by atoms with van der Waals surface area (Å²) in [5.74, 6) is 0. The molecule has 0 radical (unpaired) electrons. The number of aromatic nitrogens is 4. The minimum absolute atomic E-state index is 0.351. The predicted octanol–water partition coefficient (Wildman–Crippen LogP) is -1.07. The molecule has 0 atom stereocenters.